The number of rotatable bonds is 10. The molecule has 132 valence electrons. The van der Waals surface area contributed by atoms with Crippen LogP contribution in [0.5, 0.6) is 11.5 Å². The molecule has 1 saturated carbocycles. The van der Waals surface area contributed by atoms with Gasteiger partial charge >= 0.3 is 5.97 Å². The fourth-order valence-electron chi connectivity index (χ4n) is 2.45. The Kier molecular flexibility index (Phi) is 6.46. The van der Waals surface area contributed by atoms with Crippen LogP contribution in [0.3, 0.4) is 0 Å². The number of carboxylic acid groups (broad SMARTS) is 1. The molecule has 2 rings (SSSR count). The van der Waals surface area contributed by atoms with Gasteiger partial charge in [0.25, 0.3) is 5.91 Å². The van der Waals surface area contributed by atoms with Crippen LogP contribution in [0.25, 0.3) is 0 Å². The number of carbonyl (C=O) groups excluding carboxylic acids is 1. The third-order valence-electron chi connectivity index (χ3n) is 3.94. The molecular formula is C18H25NO5. The van der Waals surface area contributed by atoms with E-state index in [9.17, 15) is 9.59 Å². The van der Waals surface area contributed by atoms with E-state index < -0.39 is 12.6 Å². The predicted molar refractivity (Wildman–Crippen MR) is 89.6 cm³/mol. The van der Waals surface area contributed by atoms with E-state index in [0.29, 0.717) is 23.7 Å². The van der Waals surface area contributed by atoms with Crippen LogP contribution in [0.2, 0.25) is 0 Å². The fourth-order valence-corrected chi connectivity index (χ4v) is 2.45. The molecule has 0 saturated heterocycles. The Labute approximate surface area is 142 Å². The maximum Gasteiger partial charge on any atom is 0.341 e. The molecule has 1 aliphatic carbocycles. The van der Waals surface area contributed by atoms with Gasteiger partial charge in [-0.2, -0.15) is 0 Å². The van der Waals surface area contributed by atoms with Crippen LogP contribution in [0.4, 0.5) is 0 Å². The zero-order valence-electron chi connectivity index (χ0n) is 14.2. The highest BCUT2D eigenvalue weighted by atomic mass is 16.5. The van der Waals surface area contributed by atoms with E-state index in [1.54, 1.807) is 18.2 Å². The van der Waals surface area contributed by atoms with Crippen molar-refractivity contribution in [3.05, 3.63) is 23.8 Å². The molecule has 0 radical (unpaired) electrons. The second-order valence-electron chi connectivity index (χ2n) is 6.17. The number of aliphatic carboxylic acids is 1. The van der Waals surface area contributed by atoms with Gasteiger partial charge in [-0.25, -0.2) is 4.79 Å². The lowest BCUT2D eigenvalue weighted by molar-refractivity contribution is -0.139. The summed E-state index contributed by atoms with van der Waals surface area (Å²) in [6.45, 7) is 3.76. The van der Waals surface area contributed by atoms with E-state index in [2.05, 4.69) is 5.32 Å². The molecule has 1 unspecified atom stereocenters. The second kappa shape index (κ2) is 8.57. The Morgan fingerprint density at radius 3 is 2.67 bits per heavy atom. The Bertz CT molecular complexity index is 583. The van der Waals surface area contributed by atoms with Gasteiger partial charge in [0.05, 0.1) is 6.61 Å². The normalized spacial score (nSPS) is 14.8. The highest BCUT2D eigenvalue weighted by molar-refractivity contribution is 5.95. The number of benzene rings is 1. The summed E-state index contributed by atoms with van der Waals surface area (Å²) in [7, 11) is 0. The summed E-state index contributed by atoms with van der Waals surface area (Å²) >= 11 is 0. The Morgan fingerprint density at radius 1 is 1.29 bits per heavy atom. The van der Waals surface area contributed by atoms with E-state index in [0.717, 1.165) is 18.8 Å². The standard InChI is InChI=1S/C18H25NO5/c1-3-23-16-10-14(8-9-15(16)24-11-17(20)21)18(22)19-12(2)4-5-13-6-7-13/h8-10,12-13H,3-7,11H2,1-2H3,(H,19,22)(H,20,21). The minimum atomic E-state index is -1.07. The average molecular weight is 335 g/mol. The summed E-state index contributed by atoms with van der Waals surface area (Å²) in [6.07, 6.45) is 4.77. The number of hydrogen-bond acceptors (Lipinski definition) is 4. The van der Waals surface area contributed by atoms with Crippen molar-refractivity contribution in [3.8, 4) is 11.5 Å². The fraction of sp³-hybridized carbons (Fsp3) is 0.556. The van der Waals surface area contributed by atoms with Crippen molar-refractivity contribution in [2.75, 3.05) is 13.2 Å². The lowest BCUT2D eigenvalue weighted by Crippen LogP contribution is -2.32. The van der Waals surface area contributed by atoms with Gasteiger partial charge in [-0.15, -0.1) is 0 Å². The number of ether oxygens (including phenoxy) is 2. The number of amides is 1. The van der Waals surface area contributed by atoms with Gasteiger partial charge in [-0.05, 0) is 50.8 Å². The van der Waals surface area contributed by atoms with Crippen LogP contribution in [0, 0.1) is 5.92 Å². The molecule has 1 fully saturated rings. The Balaban J connectivity index is 1.98. The first-order valence-electron chi connectivity index (χ1n) is 8.42. The van der Waals surface area contributed by atoms with Crippen LogP contribution in [0.1, 0.15) is 49.9 Å². The maximum atomic E-state index is 12.3. The Hall–Kier alpha value is -2.24. The average Bonchev–Trinajstić information content (AvgIpc) is 3.36. The third kappa shape index (κ3) is 5.76. The minimum absolute atomic E-state index is 0.122. The molecular weight excluding hydrogens is 310 g/mol. The molecule has 1 aliphatic rings. The minimum Gasteiger partial charge on any atom is -0.490 e. The van der Waals surface area contributed by atoms with Crippen LogP contribution in [-0.4, -0.2) is 36.2 Å². The van der Waals surface area contributed by atoms with E-state index in [1.165, 1.54) is 12.8 Å². The van der Waals surface area contributed by atoms with Crippen molar-refractivity contribution in [1.29, 1.82) is 0 Å². The zero-order chi connectivity index (χ0) is 17.5. The molecule has 24 heavy (non-hydrogen) atoms. The van der Waals surface area contributed by atoms with Gasteiger partial charge in [-0.3, -0.25) is 4.79 Å². The van der Waals surface area contributed by atoms with Gasteiger partial charge in [0, 0.05) is 11.6 Å². The maximum absolute atomic E-state index is 12.3. The van der Waals surface area contributed by atoms with Crippen molar-refractivity contribution in [2.24, 2.45) is 5.92 Å². The smallest absolute Gasteiger partial charge is 0.341 e. The predicted octanol–water partition coefficient (Wildman–Crippen LogP) is 2.86. The summed E-state index contributed by atoms with van der Waals surface area (Å²) in [4.78, 5) is 23.0. The van der Waals surface area contributed by atoms with Crippen molar-refractivity contribution in [1.82, 2.24) is 5.32 Å². The summed E-state index contributed by atoms with van der Waals surface area (Å²) in [5.74, 6) is 0.307. The van der Waals surface area contributed by atoms with Crippen LogP contribution in [0.15, 0.2) is 18.2 Å². The van der Waals surface area contributed by atoms with Crippen molar-refractivity contribution < 1.29 is 24.2 Å². The van der Waals surface area contributed by atoms with Crippen LogP contribution in [-0.2, 0) is 4.79 Å². The molecule has 0 aliphatic heterocycles. The summed E-state index contributed by atoms with van der Waals surface area (Å²) in [5.41, 5.74) is 0.472. The molecule has 0 spiro atoms. The van der Waals surface area contributed by atoms with E-state index in [4.69, 9.17) is 14.6 Å². The third-order valence-corrected chi connectivity index (χ3v) is 3.94. The van der Waals surface area contributed by atoms with Gasteiger partial charge in [0.2, 0.25) is 0 Å². The number of hydrogen-bond donors (Lipinski definition) is 2. The van der Waals surface area contributed by atoms with Gasteiger partial charge < -0.3 is 19.9 Å². The molecule has 1 aromatic carbocycles. The molecule has 1 amide bonds. The summed E-state index contributed by atoms with van der Waals surface area (Å²) < 4.78 is 10.6. The summed E-state index contributed by atoms with van der Waals surface area (Å²) in [6, 6.07) is 4.89. The monoisotopic (exact) mass is 335 g/mol. The Morgan fingerprint density at radius 2 is 2.04 bits per heavy atom. The van der Waals surface area contributed by atoms with Gasteiger partial charge in [0.1, 0.15) is 0 Å². The molecule has 0 heterocycles. The van der Waals surface area contributed by atoms with Gasteiger partial charge in [0.15, 0.2) is 18.1 Å². The quantitative estimate of drug-likeness (QED) is 0.687. The highest BCUT2D eigenvalue weighted by Crippen LogP contribution is 2.34. The van der Waals surface area contributed by atoms with Crippen LogP contribution >= 0.6 is 0 Å². The first-order chi connectivity index (χ1) is 11.5. The van der Waals surface area contributed by atoms with Gasteiger partial charge in [-0.1, -0.05) is 12.8 Å². The molecule has 1 aromatic rings. The molecule has 2 N–H and O–H groups in total. The molecule has 6 heteroatoms. The van der Waals surface area contributed by atoms with Crippen LogP contribution < -0.4 is 14.8 Å². The summed E-state index contributed by atoms with van der Waals surface area (Å²) in [5, 5.41) is 11.7. The first kappa shape index (κ1) is 18.1. The van der Waals surface area contributed by atoms with Crippen molar-refractivity contribution in [2.45, 2.75) is 45.6 Å². The van der Waals surface area contributed by atoms with E-state index in [-0.39, 0.29) is 11.9 Å². The topological polar surface area (TPSA) is 84.9 Å². The SMILES string of the molecule is CCOc1cc(C(=O)NC(C)CCC2CC2)ccc1OCC(=O)O. The molecule has 6 nitrogen and oxygen atoms in total. The number of carboxylic acids is 1. The largest absolute Gasteiger partial charge is 0.490 e. The first-order valence-corrected chi connectivity index (χ1v) is 8.42. The molecule has 0 bridgehead atoms. The highest BCUT2D eigenvalue weighted by Gasteiger charge is 2.22. The molecule has 1 atom stereocenters. The van der Waals surface area contributed by atoms with E-state index >= 15 is 0 Å². The zero-order valence-corrected chi connectivity index (χ0v) is 14.2. The van der Waals surface area contributed by atoms with Crippen molar-refractivity contribution >= 4 is 11.9 Å². The van der Waals surface area contributed by atoms with Crippen molar-refractivity contribution in [3.63, 3.8) is 0 Å². The lowest BCUT2D eigenvalue weighted by atomic mass is 10.1. The lowest BCUT2D eigenvalue weighted by Gasteiger charge is -2.15. The van der Waals surface area contributed by atoms with E-state index in [1.807, 2.05) is 13.8 Å². The second-order valence-corrected chi connectivity index (χ2v) is 6.17. The number of nitrogens with one attached hydrogen (secondary N) is 1. The number of carbonyl (C=O) groups is 2. The molecule has 0 aromatic heterocycles.